The lowest BCUT2D eigenvalue weighted by Gasteiger charge is -2.15. The van der Waals surface area contributed by atoms with Crippen LogP contribution in [0.15, 0.2) is 82.2 Å². The lowest BCUT2D eigenvalue weighted by Crippen LogP contribution is -2.36. The van der Waals surface area contributed by atoms with Crippen LogP contribution in [0.2, 0.25) is 0 Å². The van der Waals surface area contributed by atoms with Crippen LogP contribution in [0.5, 0.6) is 11.5 Å². The molecule has 7 nitrogen and oxygen atoms in total. The van der Waals surface area contributed by atoms with Crippen LogP contribution in [-0.2, 0) is 16.2 Å². The molecule has 0 spiro atoms. The molecule has 3 amide bonds. The van der Waals surface area contributed by atoms with Gasteiger partial charge in [0.25, 0.3) is 11.1 Å². The molecule has 0 saturated carbocycles. The molecule has 0 unspecified atom stereocenters. The number of hydrogen-bond acceptors (Lipinski definition) is 6. The summed E-state index contributed by atoms with van der Waals surface area (Å²) in [6.45, 7) is 3.82. The second-order valence-electron chi connectivity index (χ2n) is 9.65. The van der Waals surface area contributed by atoms with Crippen LogP contribution in [-0.4, -0.2) is 35.6 Å². The zero-order valence-electron chi connectivity index (χ0n) is 22.7. The van der Waals surface area contributed by atoms with Gasteiger partial charge < -0.3 is 14.8 Å². The fourth-order valence-electron chi connectivity index (χ4n) is 4.71. The van der Waals surface area contributed by atoms with E-state index in [9.17, 15) is 14.4 Å². The standard InChI is InChI=1S/C32H27BrN2O5S/c1-19-11-20(2)13-24(12-19)34-29(36)17-35-31(37)28(41-32(35)38)16-21-14-26(33)30(27(15-21)39-3)40-18-23-9-6-8-22-7-4-5-10-25(22)23/h4-16H,17-18H2,1-3H3,(H,34,36)/b28-16+. The predicted molar refractivity (Wildman–Crippen MR) is 166 cm³/mol. The van der Waals surface area contributed by atoms with Crippen molar-refractivity contribution in [3.05, 3.63) is 104 Å². The summed E-state index contributed by atoms with van der Waals surface area (Å²) >= 11 is 4.36. The second-order valence-corrected chi connectivity index (χ2v) is 11.5. The summed E-state index contributed by atoms with van der Waals surface area (Å²) in [7, 11) is 1.54. The van der Waals surface area contributed by atoms with Crippen molar-refractivity contribution in [1.82, 2.24) is 4.90 Å². The Morgan fingerprint density at radius 3 is 2.49 bits per heavy atom. The number of fused-ring (bicyclic) bond motifs is 1. The van der Waals surface area contributed by atoms with Gasteiger partial charge in [-0.2, -0.15) is 0 Å². The van der Waals surface area contributed by atoms with Crippen molar-refractivity contribution >= 4 is 67.3 Å². The molecule has 1 heterocycles. The monoisotopic (exact) mass is 630 g/mol. The summed E-state index contributed by atoms with van der Waals surface area (Å²) in [5, 5.41) is 4.51. The highest BCUT2D eigenvalue weighted by molar-refractivity contribution is 9.10. The van der Waals surface area contributed by atoms with Crippen molar-refractivity contribution in [2.45, 2.75) is 20.5 Å². The third-order valence-electron chi connectivity index (χ3n) is 6.48. The molecular formula is C32H27BrN2O5S. The number of carbonyl (C=O) groups excluding carboxylic acids is 3. The van der Waals surface area contributed by atoms with Gasteiger partial charge in [-0.25, -0.2) is 0 Å². The lowest BCUT2D eigenvalue weighted by atomic mass is 10.1. The van der Waals surface area contributed by atoms with Gasteiger partial charge in [-0.05, 0) is 105 Å². The van der Waals surface area contributed by atoms with Crippen molar-refractivity contribution in [2.24, 2.45) is 0 Å². The number of benzene rings is 4. The number of rotatable bonds is 8. The van der Waals surface area contributed by atoms with Gasteiger partial charge in [0, 0.05) is 5.69 Å². The Hall–Kier alpha value is -4.08. The molecule has 41 heavy (non-hydrogen) atoms. The molecule has 0 radical (unpaired) electrons. The van der Waals surface area contributed by atoms with Crippen molar-refractivity contribution in [2.75, 3.05) is 19.0 Å². The normalized spacial score (nSPS) is 14.1. The number of carbonyl (C=O) groups is 3. The Kier molecular flexibility index (Phi) is 8.46. The van der Waals surface area contributed by atoms with Gasteiger partial charge in [-0.15, -0.1) is 0 Å². The van der Waals surface area contributed by atoms with Crippen LogP contribution in [0, 0.1) is 13.8 Å². The minimum atomic E-state index is -0.526. The summed E-state index contributed by atoms with van der Waals surface area (Å²) in [6.07, 6.45) is 1.61. The van der Waals surface area contributed by atoms with Crippen LogP contribution in [0.3, 0.4) is 0 Å². The first kappa shape index (κ1) is 28.4. The van der Waals surface area contributed by atoms with E-state index in [0.29, 0.717) is 33.8 Å². The van der Waals surface area contributed by atoms with Gasteiger partial charge in [-0.3, -0.25) is 19.3 Å². The number of nitrogens with one attached hydrogen (secondary N) is 1. The maximum Gasteiger partial charge on any atom is 0.294 e. The van der Waals surface area contributed by atoms with Crippen molar-refractivity contribution in [3.63, 3.8) is 0 Å². The second kappa shape index (κ2) is 12.2. The van der Waals surface area contributed by atoms with E-state index in [0.717, 1.165) is 44.1 Å². The van der Waals surface area contributed by atoms with Gasteiger partial charge in [0.2, 0.25) is 5.91 Å². The van der Waals surface area contributed by atoms with Crippen LogP contribution in [0.4, 0.5) is 10.5 Å². The highest BCUT2D eigenvalue weighted by Crippen LogP contribution is 2.40. The number of nitrogens with zero attached hydrogens (tertiary/aromatic N) is 1. The number of imide groups is 1. The van der Waals surface area contributed by atoms with Gasteiger partial charge in [0.05, 0.1) is 16.5 Å². The maximum atomic E-state index is 13.1. The molecule has 4 aromatic carbocycles. The minimum Gasteiger partial charge on any atom is -0.493 e. The maximum absolute atomic E-state index is 13.1. The first-order valence-electron chi connectivity index (χ1n) is 12.8. The highest BCUT2D eigenvalue weighted by Gasteiger charge is 2.36. The SMILES string of the molecule is COc1cc(/C=C2/SC(=O)N(CC(=O)Nc3cc(C)cc(C)c3)C2=O)cc(Br)c1OCc1cccc2ccccc12. The van der Waals surface area contributed by atoms with Gasteiger partial charge in [0.15, 0.2) is 11.5 Å². The largest absolute Gasteiger partial charge is 0.493 e. The number of hydrogen-bond donors (Lipinski definition) is 1. The molecule has 0 bridgehead atoms. The zero-order valence-corrected chi connectivity index (χ0v) is 25.1. The Bertz CT molecular complexity index is 1690. The van der Waals surface area contributed by atoms with Gasteiger partial charge in [0.1, 0.15) is 13.2 Å². The molecule has 9 heteroatoms. The topological polar surface area (TPSA) is 84.9 Å². The number of amides is 3. The van der Waals surface area contributed by atoms with E-state index >= 15 is 0 Å². The molecular weight excluding hydrogens is 604 g/mol. The Balaban J connectivity index is 1.30. The summed E-state index contributed by atoms with van der Waals surface area (Å²) in [5.74, 6) is 0.0178. The van der Waals surface area contributed by atoms with Crippen molar-refractivity contribution in [3.8, 4) is 11.5 Å². The Labute approximate surface area is 250 Å². The van der Waals surface area contributed by atoms with E-state index in [1.807, 2.05) is 56.3 Å². The van der Waals surface area contributed by atoms with Crippen LogP contribution in [0.25, 0.3) is 16.8 Å². The molecule has 1 N–H and O–H groups in total. The first-order valence-corrected chi connectivity index (χ1v) is 14.4. The quantitative estimate of drug-likeness (QED) is 0.203. The van der Waals surface area contributed by atoms with E-state index in [-0.39, 0.29) is 11.4 Å². The van der Waals surface area contributed by atoms with Gasteiger partial charge >= 0.3 is 0 Å². The molecule has 0 aromatic heterocycles. The van der Waals surface area contributed by atoms with E-state index in [4.69, 9.17) is 9.47 Å². The minimum absolute atomic E-state index is 0.215. The molecule has 5 rings (SSSR count). The smallest absolute Gasteiger partial charge is 0.294 e. The first-order chi connectivity index (χ1) is 19.7. The van der Waals surface area contributed by atoms with Gasteiger partial charge in [-0.1, -0.05) is 48.5 Å². The van der Waals surface area contributed by atoms with E-state index in [2.05, 4.69) is 39.4 Å². The summed E-state index contributed by atoms with van der Waals surface area (Å²) in [6, 6.07) is 23.4. The average molecular weight is 632 g/mol. The average Bonchev–Trinajstić information content (AvgIpc) is 3.18. The molecule has 4 aromatic rings. The van der Waals surface area contributed by atoms with E-state index in [1.54, 1.807) is 25.3 Å². The van der Waals surface area contributed by atoms with Crippen molar-refractivity contribution < 1.29 is 23.9 Å². The van der Waals surface area contributed by atoms with Crippen molar-refractivity contribution in [1.29, 1.82) is 0 Å². The Morgan fingerprint density at radius 2 is 1.73 bits per heavy atom. The number of anilines is 1. The lowest BCUT2D eigenvalue weighted by molar-refractivity contribution is -0.127. The van der Waals surface area contributed by atoms with E-state index < -0.39 is 17.1 Å². The third kappa shape index (κ3) is 6.47. The molecule has 0 aliphatic carbocycles. The number of ether oxygens (including phenoxy) is 2. The highest BCUT2D eigenvalue weighted by atomic mass is 79.9. The summed E-state index contributed by atoms with van der Waals surface area (Å²) < 4.78 is 12.4. The Morgan fingerprint density at radius 1 is 1.00 bits per heavy atom. The van der Waals surface area contributed by atoms with Crippen LogP contribution in [0.1, 0.15) is 22.3 Å². The number of methoxy groups -OCH3 is 1. The number of thioether (sulfide) groups is 1. The summed E-state index contributed by atoms with van der Waals surface area (Å²) in [4.78, 5) is 39.5. The third-order valence-corrected chi connectivity index (χ3v) is 7.98. The van der Waals surface area contributed by atoms with Crippen LogP contribution < -0.4 is 14.8 Å². The fraction of sp³-hybridized carbons (Fsp3) is 0.156. The number of halogens is 1. The number of aryl methyl sites for hydroxylation is 2. The van der Waals surface area contributed by atoms with E-state index in [1.165, 1.54) is 0 Å². The molecule has 208 valence electrons. The summed E-state index contributed by atoms with van der Waals surface area (Å²) in [5.41, 5.74) is 4.30. The molecule has 1 aliphatic heterocycles. The fourth-order valence-corrected chi connectivity index (χ4v) is 6.12. The zero-order chi connectivity index (χ0) is 29.1. The van der Waals surface area contributed by atoms with Crippen LogP contribution >= 0.6 is 27.7 Å². The molecule has 1 saturated heterocycles. The molecule has 0 atom stereocenters. The predicted octanol–water partition coefficient (Wildman–Crippen LogP) is 7.48. The molecule has 1 aliphatic rings. The molecule has 1 fully saturated rings.